The number of alkyl halides is 4. The molecule has 2 N–H and O–H groups in total. The molecule has 0 fully saturated rings. The molecule has 162 valence electrons. The second kappa shape index (κ2) is 7.48. The summed E-state index contributed by atoms with van der Waals surface area (Å²) in [6, 6.07) is 0.353. The lowest BCUT2D eigenvalue weighted by atomic mass is 10.0. The van der Waals surface area contributed by atoms with E-state index in [-0.39, 0.29) is 11.3 Å². The topological polar surface area (TPSA) is 103 Å². The number of aliphatic carboxylic acids is 1. The molecule has 1 aromatic carbocycles. The molecule has 1 atom stereocenters. The molecule has 1 unspecified atom stereocenters. The molecule has 1 amide bonds. The molecule has 0 saturated heterocycles. The van der Waals surface area contributed by atoms with Gasteiger partial charge in [0.1, 0.15) is 17.4 Å². The summed E-state index contributed by atoms with van der Waals surface area (Å²) in [6.45, 7) is 4.64. The third-order valence-electron chi connectivity index (χ3n) is 3.61. The first kappa shape index (κ1) is 22.4. The summed E-state index contributed by atoms with van der Waals surface area (Å²) >= 11 is 0. The van der Waals surface area contributed by atoms with Crippen LogP contribution in [0, 0.1) is 0 Å². The van der Waals surface area contributed by atoms with Gasteiger partial charge in [-0.2, -0.15) is 17.6 Å². The molecule has 1 aliphatic rings. The quantitative estimate of drug-likeness (QED) is 0.699. The molecule has 29 heavy (non-hydrogen) atoms. The van der Waals surface area contributed by atoms with E-state index in [1.807, 2.05) is 0 Å². The van der Waals surface area contributed by atoms with Crippen molar-refractivity contribution >= 4 is 12.1 Å². The molecule has 0 aromatic heterocycles. The molecule has 0 radical (unpaired) electrons. The molecule has 12 heteroatoms. The molecule has 8 nitrogen and oxygen atoms in total. The van der Waals surface area contributed by atoms with Crippen LogP contribution in [0.5, 0.6) is 17.2 Å². The van der Waals surface area contributed by atoms with Gasteiger partial charge in [-0.05, 0) is 32.9 Å². The lowest BCUT2D eigenvalue weighted by molar-refractivity contribution is -0.391. The van der Waals surface area contributed by atoms with E-state index >= 15 is 0 Å². The number of carboxylic acids is 1. The van der Waals surface area contributed by atoms with Crippen LogP contribution in [0.3, 0.4) is 0 Å². The average Bonchev–Trinajstić information content (AvgIpc) is 2.53. The second-order valence-corrected chi connectivity index (χ2v) is 7.05. The Morgan fingerprint density at radius 2 is 1.76 bits per heavy atom. The number of benzene rings is 1. The van der Waals surface area contributed by atoms with Crippen LogP contribution < -0.4 is 19.5 Å². The number of hydrogen-bond acceptors (Lipinski definition) is 6. The van der Waals surface area contributed by atoms with Crippen LogP contribution in [0.4, 0.5) is 22.4 Å². The van der Waals surface area contributed by atoms with E-state index in [1.165, 1.54) is 0 Å². The Balaban J connectivity index is 2.40. The second-order valence-electron chi connectivity index (χ2n) is 7.05. The summed E-state index contributed by atoms with van der Waals surface area (Å²) in [4.78, 5) is 23.4. The van der Waals surface area contributed by atoms with E-state index in [4.69, 9.17) is 9.47 Å². The van der Waals surface area contributed by atoms with Gasteiger partial charge in [-0.3, -0.25) is 0 Å². The van der Waals surface area contributed by atoms with Crippen molar-refractivity contribution in [1.29, 1.82) is 0 Å². The molecule has 0 spiro atoms. The first-order chi connectivity index (χ1) is 13.2. The molecule has 0 bridgehead atoms. The van der Waals surface area contributed by atoms with Gasteiger partial charge in [-0.25, -0.2) is 9.59 Å². The summed E-state index contributed by atoms with van der Waals surface area (Å²) < 4.78 is 72.2. The molecular formula is C17H19F4NO7. The highest BCUT2D eigenvalue weighted by Crippen LogP contribution is 2.50. The molecule has 0 aliphatic carbocycles. The maximum Gasteiger partial charge on any atom is 0.507 e. The van der Waals surface area contributed by atoms with Crippen molar-refractivity contribution in [3.8, 4) is 17.2 Å². The summed E-state index contributed by atoms with van der Waals surface area (Å²) in [5.41, 5.74) is -1.25. The minimum Gasteiger partial charge on any atom is -0.496 e. The first-order valence-electron chi connectivity index (χ1n) is 8.22. The minimum absolute atomic E-state index is 0.134. The van der Waals surface area contributed by atoms with Gasteiger partial charge in [-0.15, -0.1) is 0 Å². The monoisotopic (exact) mass is 425 g/mol. The molecular weight excluding hydrogens is 406 g/mol. The van der Waals surface area contributed by atoms with Crippen molar-refractivity contribution < 1.29 is 51.2 Å². The van der Waals surface area contributed by atoms with Gasteiger partial charge in [0.2, 0.25) is 0 Å². The van der Waals surface area contributed by atoms with Crippen LogP contribution in [0.25, 0.3) is 0 Å². The maximum atomic E-state index is 13.6. The van der Waals surface area contributed by atoms with Crippen LogP contribution >= 0.6 is 0 Å². The van der Waals surface area contributed by atoms with Gasteiger partial charge in [0.25, 0.3) is 0 Å². The Bertz CT molecular complexity index is 808. The number of amides is 1. The largest absolute Gasteiger partial charge is 0.507 e. The number of carboxylic acid groups (broad SMARTS) is 1. The lowest BCUT2D eigenvalue weighted by Gasteiger charge is -2.33. The minimum atomic E-state index is -5.02. The van der Waals surface area contributed by atoms with E-state index < -0.39 is 53.8 Å². The zero-order chi connectivity index (χ0) is 22.2. The average molecular weight is 425 g/mol. The van der Waals surface area contributed by atoms with Gasteiger partial charge in [0.05, 0.1) is 7.11 Å². The highest BCUT2D eigenvalue weighted by molar-refractivity contribution is 5.80. The Morgan fingerprint density at radius 3 is 2.28 bits per heavy atom. The van der Waals surface area contributed by atoms with E-state index in [0.29, 0.717) is 0 Å². The van der Waals surface area contributed by atoms with Crippen LogP contribution in [-0.2, 0) is 16.0 Å². The van der Waals surface area contributed by atoms with E-state index in [0.717, 1.165) is 19.2 Å². The number of nitrogens with one attached hydrogen (secondary N) is 1. The van der Waals surface area contributed by atoms with Gasteiger partial charge in [0.15, 0.2) is 11.5 Å². The molecule has 1 aliphatic heterocycles. The number of hydrogen-bond donors (Lipinski definition) is 2. The first-order valence-corrected chi connectivity index (χ1v) is 8.22. The molecule has 0 saturated carbocycles. The lowest BCUT2D eigenvalue weighted by Crippen LogP contribution is -2.52. The van der Waals surface area contributed by atoms with Gasteiger partial charge < -0.3 is 29.4 Å². The number of carbonyl (C=O) groups is 2. The highest BCUT2D eigenvalue weighted by atomic mass is 19.3. The normalized spacial score (nSPS) is 17.8. The number of carbonyl (C=O) groups excluding carboxylic acids is 1. The predicted octanol–water partition coefficient (Wildman–Crippen LogP) is 3.17. The zero-order valence-corrected chi connectivity index (χ0v) is 15.8. The number of alkyl carbamates (subject to hydrolysis) is 1. The number of fused-ring (bicyclic) bond motifs is 1. The fourth-order valence-electron chi connectivity index (χ4n) is 2.40. The number of ether oxygens (including phenoxy) is 4. The van der Waals surface area contributed by atoms with Crippen molar-refractivity contribution in [3.05, 3.63) is 17.7 Å². The van der Waals surface area contributed by atoms with Crippen LogP contribution in [-0.4, -0.2) is 48.1 Å². The summed E-state index contributed by atoms with van der Waals surface area (Å²) in [5.74, 6) is -3.23. The summed E-state index contributed by atoms with van der Waals surface area (Å²) in [6.07, 6.45) is -11.7. The fraction of sp³-hybridized carbons (Fsp3) is 0.529. The van der Waals surface area contributed by atoms with E-state index in [1.54, 1.807) is 20.8 Å². The van der Waals surface area contributed by atoms with E-state index in [9.17, 15) is 32.3 Å². The predicted molar refractivity (Wildman–Crippen MR) is 88.6 cm³/mol. The van der Waals surface area contributed by atoms with Crippen molar-refractivity contribution in [2.24, 2.45) is 0 Å². The van der Waals surface area contributed by atoms with Crippen LogP contribution in [0.2, 0.25) is 0 Å². The van der Waals surface area contributed by atoms with Crippen molar-refractivity contribution in [2.45, 2.75) is 51.1 Å². The molecule has 1 heterocycles. The van der Waals surface area contributed by atoms with Crippen LogP contribution in [0.15, 0.2) is 12.1 Å². The third-order valence-corrected chi connectivity index (χ3v) is 3.61. The smallest absolute Gasteiger partial charge is 0.496 e. The third kappa shape index (κ3) is 4.93. The maximum absolute atomic E-state index is 13.6. The van der Waals surface area contributed by atoms with Gasteiger partial charge in [-0.1, -0.05) is 0 Å². The SMILES string of the molecule is COc1ccc2c(c1CC(NC(=O)OC(C)(C)C)C(=O)O)OC(F)(F)C(F)(F)O2. The van der Waals surface area contributed by atoms with E-state index in [2.05, 4.69) is 14.8 Å². The number of halogens is 4. The summed E-state index contributed by atoms with van der Waals surface area (Å²) in [7, 11) is 1.15. The Labute approximate surface area is 162 Å². The number of rotatable bonds is 5. The highest BCUT2D eigenvalue weighted by Gasteiger charge is 2.66. The van der Waals surface area contributed by atoms with Gasteiger partial charge >= 0.3 is 24.3 Å². The van der Waals surface area contributed by atoms with Crippen molar-refractivity contribution in [2.75, 3.05) is 7.11 Å². The molecule has 1 aromatic rings. The van der Waals surface area contributed by atoms with Crippen molar-refractivity contribution in [1.82, 2.24) is 5.32 Å². The van der Waals surface area contributed by atoms with Crippen LogP contribution in [0.1, 0.15) is 26.3 Å². The Hall–Kier alpha value is -2.92. The zero-order valence-electron chi connectivity index (χ0n) is 15.8. The number of methoxy groups -OCH3 is 1. The summed E-state index contributed by atoms with van der Waals surface area (Å²) in [5, 5.41) is 11.5. The Morgan fingerprint density at radius 1 is 1.17 bits per heavy atom. The van der Waals surface area contributed by atoms with Gasteiger partial charge in [0, 0.05) is 12.0 Å². The fourth-order valence-corrected chi connectivity index (χ4v) is 2.40. The van der Waals surface area contributed by atoms with Crippen molar-refractivity contribution in [3.63, 3.8) is 0 Å². The Kier molecular flexibility index (Phi) is 5.77. The molecule has 2 rings (SSSR count). The standard InChI is InChI=1S/C17H19F4NO7/c1-15(2,3)29-14(25)22-9(13(23)24)7-8-10(26-4)5-6-11-12(8)28-17(20,21)16(18,19)27-11/h5-6,9H,7H2,1-4H3,(H,22,25)(H,23,24).